The molecule has 1 aliphatic carbocycles. The second-order valence-corrected chi connectivity index (χ2v) is 32.9. The number of aliphatic hydroxyl groups excluding tert-OH is 2. The third-order valence-corrected chi connectivity index (χ3v) is 23.6. The number of aliphatic hydroxyl groups is 3. The van der Waals surface area contributed by atoms with E-state index in [1.165, 1.54) is 18.3 Å². The molecule has 7 heterocycles. The molecule has 4 aliphatic rings. The number of aryl methyl sites for hydroxylation is 1. The summed E-state index contributed by atoms with van der Waals surface area (Å²) in [5.74, 6) is -7.71. The number of hydrogen-bond acceptors (Lipinski definition) is 28. The number of aromatic amines is 1. The maximum atomic E-state index is 14.9. The number of cyclic esters (lactones) is 1. The highest BCUT2D eigenvalue weighted by Crippen LogP contribution is 2.41. The zero-order valence-corrected chi connectivity index (χ0v) is 73.0. The van der Waals surface area contributed by atoms with Crippen LogP contribution in [0.3, 0.4) is 0 Å². The number of phenols is 1. The van der Waals surface area contributed by atoms with Gasteiger partial charge >= 0.3 is 12.1 Å². The number of fused-ring (bicyclic) bond motifs is 5. The highest BCUT2D eigenvalue weighted by molar-refractivity contribution is 6.39. The summed E-state index contributed by atoms with van der Waals surface area (Å²) in [7, 11) is 4.75. The number of nitrogens with two attached hydrogens (primary N) is 1. The molecule has 0 unspecified atom stereocenters. The first-order chi connectivity index (χ1) is 59.2. The molecule has 1 aromatic carbocycles. The lowest BCUT2D eigenvalue weighted by molar-refractivity contribution is -0.265. The number of allylic oxidation sites excluding steroid dienone is 5. The highest BCUT2D eigenvalue weighted by atomic mass is 16.6. The van der Waals surface area contributed by atoms with Crippen LogP contribution in [0.4, 0.5) is 10.6 Å². The number of aromatic hydroxyl groups is 1. The Balaban J connectivity index is 0.634. The molecular weight excluding hydrogens is 1590 g/mol. The monoisotopic (exact) mass is 1720 g/mol. The summed E-state index contributed by atoms with van der Waals surface area (Å²) in [5.41, 5.74) is 10.7. The molecule has 123 heavy (non-hydrogen) atoms. The molecule has 5 aromatic rings. The average molecular weight is 1720 g/mol. The second kappa shape index (κ2) is 49.6. The summed E-state index contributed by atoms with van der Waals surface area (Å²) in [5, 5.41) is 68.3. The van der Waals surface area contributed by atoms with Crippen molar-refractivity contribution in [3.63, 3.8) is 0 Å². The molecule has 2 bridgehead atoms. The number of esters is 1. The van der Waals surface area contributed by atoms with Gasteiger partial charge < -0.3 is 104 Å². The van der Waals surface area contributed by atoms with Gasteiger partial charge in [0.25, 0.3) is 11.7 Å². The van der Waals surface area contributed by atoms with Gasteiger partial charge in [0.15, 0.2) is 11.4 Å². The number of rotatable bonds is 36. The van der Waals surface area contributed by atoms with Crippen LogP contribution in [-0.4, -0.2) is 275 Å². The lowest BCUT2D eigenvalue weighted by atomic mass is 9.77. The van der Waals surface area contributed by atoms with Gasteiger partial charge in [-0.05, 0) is 144 Å². The van der Waals surface area contributed by atoms with E-state index >= 15 is 0 Å². The van der Waals surface area contributed by atoms with Crippen molar-refractivity contribution in [2.24, 2.45) is 35.5 Å². The summed E-state index contributed by atoms with van der Waals surface area (Å²) in [6.45, 7) is 16.9. The van der Waals surface area contributed by atoms with E-state index in [-0.39, 0.29) is 139 Å². The molecule has 35 heteroatoms. The standard InChI is InChI=1S/C88H131N13O22/c1-55-18-12-11-13-19-56(2)71(113-8)50-66-24-21-61(7)88(112,123-66)82(108)85(109)99-32-16-14-20-70(99)86(110)122-73(51-72(114-9)57(3)45-60(6)80(106)81(107)79(105)59(5)44-55)58(4)46-62-22-26-69(74(47-62)115-10)101-52-64(96-98-101)53-121-87(111)92-31-37-119-41-43-120-42-39-117-35-28-76(104)91-30-36-118-40-38-116-34-27-75(103)90-29-15-17-33-100-84-77(83(89)93-54-94-84)78(97-100)68-49-63-48-65(102)23-25-67(63)95-68/h11-13,18-19,23,25,45,48-49,52,54-55,57-59,61-62,66,69-74,80-81,95,102,106-107,112H,14-17,20-22,24,26-44,46-47,50-51,53H2,1-10H3,(H,90,103)(H,91,104)(H,92,111)(H2,89,93,94)/b13-11?,18-12+,56-19?,60-45+/t55-,57-,58-,59-,61-,62+,66+,69+,70+,71+,72-,73+,74-,80-,81+,88-/m1/s1. The number of benzene rings is 1. The minimum absolute atomic E-state index is 0.0499. The molecule has 3 fully saturated rings. The predicted molar refractivity (Wildman–Crippen MR) is 455 cm³/mol. The molecule has 680 valence electrons. The Bertz CT molecular complexity index is 4340. The van der Waals surface area contributed by atoms with Crippen LogP contribution < -0.4 is 21.7 Å². The van der Waals surface area contributed by atoms with E-state index in [9.17, 15) is 54.0 Å². The number of amides is 4. The summed E-state index contributed by atoms with van der Waals surface area (Å²) >= 11 is 0. The Morgan fingerprint density at radius 3 is 2.14 bits per heavy atom. The summed E-state index contributed by atoms with van der Waals surface area (Å²) in [6.07, 6.45) is 15.0. The maximum Gasteiger partial charge on any atom is 0.407 e. The van der Waals surface area contributed by atoms with E-state index in [4.69, 9.17) is 62.9 Å². The molecule has 4 amide bonds. The van der Waals surface area contributed by atoms with E-state index in [1.54, 1.807) is 74.8 Å². The van der Waals surface area contributed by atoms with Gasteiger partial charge in [-0.1, -0.05) is 76.3 Å². The zero-order valence-electron chi connectivity index (χ0n) is 73.0. The maximum absolute atomic E-state index is 14.9. The van der Waals surface area contributed by atoms with Gasteiger partial charge in [-0.3, -0.25) is 24.0 Å². The number of aromatic nitrogens is 8. The van der Waals surface area contributed by atoms with Gasteiger partial charge in [-0.2, -0.15) is 5.10 Å². The molecule has 0 radical (unpaired) electrons. The number of carbonyl (C=O) groups excluding carboxylic acids is 7. The van der Waals surface area contributed by atoms with Crippen LogP contribution in [0.1, 0.15) is 163 Å². The van der Waals surface area contributed by atoms with Gasteiger partial charge in [0.1, 0.15) is 60.2 Å². The van der Waals surface area contributed by atoms with Crippen molar-refractivity contribution in [1.82, 2.24) is 60.6 Å². The second-order valence-electron chi connectivity index (χ2n) is 32.9. The first-order valence-corrected chi connectivity index (χ1v) is 43.4. The molecular formula is C88H131N13O22. The number of methoxy groups -OCH3 is 3. The van der Waals surface area contributed by atoms with Crippen LogP contribution in [0.15, 0.2) is 84.4 Å². The molecule has 35 nitrogen and oxygen atoms in total. The molecule has 4 aromatic heterocycles. The molecule has 0 spiro atoms. The highest BCUT2D eigenvalue weighted by Gasteiger charge is 2.53. The molecule has 10 N–H and O–H groups in total. The smallest absolute Gasteiger partial charge is 0.407 e. The van der Waals surface area contributed by atoms with Gasteiger partial charge in [-0.15, -0.1) is 5.10 Å². The van der Waals surface area contributed by atoms with Gasteiger partial charge in [-0.25, -0.2) is 28.9 Å². The topological polar surface area (TPSA) is 457 Å². The fraction of sp³-hybridized carbons (Fsp3) is 0.659. The van der Waals surface area contributed by atoms with E-state index in [0.717, 1.165) is 35.0 Å². The fourth-order valence-corrected chi connectivity index (χ4v) is 16.5. The summed E-state index contributed by atoms with van der Waals surface area (Å²) < 4.78 is 67.8. The van der Waals surface area contributed by atoms with Crippen LogP contribution in [0.25, 0.3) is 33.3 Å². The number of anilines is 1. The average Bonchev–Trinajstić information content (AvgIpc) is 1.69. The number of hydrogen-bond donors (Lipinski definition) is 9. The van der Waals surface area contributed by atoms with E-state index < -0.39 is 95.7 Å². The van der Waals surface area contributed by atoms with Crippen molar-refractivity contribution >= 4 is 69.1 Å². The lowest BCUT2D eigenvalue weighted by Gasteiger charge is -2.43. The number of nitrogens with zero attached hydrogens (tertiary/aromatic N) is 8. The number of nitrogen functional groups attached to an aromatic ring is 1. The third kappa shape index (κ3) is 29.0. The molecule has 9 rings (SSSR count). The predicted octanol–water partition coefficient (Wildman–Crippen LogP) is 7.82. The van der Waals surface area contributed by atoms with Crippen LogP contribution in [0, 0.1) is 35.5 Å². The number of nitrogens with one attached hydrogen (secondary N) is 4. The van der Waals surface area contributed by atoms with Crippen molar-refractivity contribution in [3.8, 4) is 17.1 Å². The molecule has 2 saturated heterocycles. The van der Waals surface area contributed by atoms with Crippen molar-refractivity contribution in [1.29, 1.82) is 0 Å². The Kier molecular flexibility index (Phi) is 39.5. The summed E-state index contributed by atoms with van der Waals surface area (Å²) in [6, 6.07) is 5.60. The lowest BCUT2D eigenvalue weighted by Crippen LogP contribution is -2.61. The number of carbonyl (C=O) groups is 7. The summed E-state index contributed by atoms with van der Waals surface area (Å²) in [4.78, 5) is 108. The van der Waals surface area contributed by atoms with E-state index in [1.807, 2.05) is 64.1 Å². The largest absolute Gasteiger partial charge is 0.508 e. The third-order valence-electron chi connectivity index (χ3n) is 23.6. The van der Waals surface area contributed by atoms with Crippen LogP contribution in [0.5, 0.6) is 5.75 Å². The number of piperidine rings is 1. The Morgan fingerprint density at radius 1 is 0.740 bits per heavy atom. The molecule has 1 saturated carbocycles. The van der Waals surface area contributed by atoms with Crippen LogP contribution in [-0.2, 0) is 94.0 Å². The minimum atomic E-state index is -2.47. The number of H-pyrrole nitrogens is 1. The number of ketones is 2. The number of phenolic OH excluding ortho intramolecular Hbond substituents is 1. The van der Waals surface area contributed by atoms with E-state index in [2.05, 4.69) is 41.2 Å². The number of alkyl carbamates (subject to hydrolysis) is 1. The van der Waals surface area contributed by atoms with Gasteiger partial charge in [0, 0.05) is 108 Å². The van der Waals surface area contributed by atoms with Gasteiger partial charge in [0.2, 0.25) is 17.6 Å². The Labute approximate surface area is 719 Å². The Hall–Kier alpha value is -8.98. The first-order valence-electron chi connectivity index (χ1n) is 43.4. The Morgan fingerprint density at radius 2 is 1.43 bits per heavy atom. The number of Topliss-reactive ketones (excluding diaryl/α,β-unsaturated/α-hetero) is 2. The van der Waals surface area contributed by atoms with Crippen LogP contribution >= 0.6 is 0 Å². The SMILES string of the molecule is CO[C@H]1C[C@@H]2CC[C@@H](C)[C@@](O)(O2)C(=O)C(=O)N2CCCC[C@H]2C(=O)O[C@H]([C@H](C)C[C@@H]2CC[C@H](n3cc(COC(=O)NCCOCCOCCOCCC(=O)NCCOCCOCCC(=O)NCCCCn4nc(-c5cc6cc(O)ccc6[nH]5)c5c(N)ncnc54)nn3)[C@H](OC)C2)C[C@@H](OC)[C@H](C)/C=C(\C)[C@@H](O)[C@@H](O)C(=O)[C@H](C)C[C@H](C)/C=C/C=CC=C1C. The first kappa shape index (κ1) is 97.8. The normalized spacial score (nSPS) is 26.8. The molecule has 3 aliphatic heterocycles. The van der Waals surface area contributed by atoms with Gasteiger partial charge in [0.05, 0.1) is 114 Å². The quantitative estimate of drug-likeness (QED) is 0.00798. The molecule has 16 atom stereocenters. The minimum Gasteiger partial charge on any atom is -0.508 e. The van der Waals surface area contributed by atoms with Crippen molar-refractivity contribution in [2.75, 3.05) is 119 Å². The number of ether oxygens (including phenoxy) is 11. The van der Waals surface area contributed by atoms with Crippen molar-refractivity contribution in [3.05, 3.63) is 90.1 Å². The van der Waals surface area contributed by atoms with Crippen molar-refractivity contribution < 1.29 is 106 Å². The van der Waals surface area contributed by atoms with E-state index in [0.29, 0.717) is 138 Å². The fourth-order valence-electron chi connectivity index (χ4n) is 16.5. The number of unbranched alkanes of at least 4 members (excludes halogenated alkanes) is 1. The van der Waals surface area contributed by atoms with Crippen LogP contribution in [0.2, 0.25) is 0 Å². The zero-order chi connectivity index (χ0) is 88.5. The van der Waals surface area contributed by atoms with Crippen molar-refractivity contribution in [2.45, 2.75) is 225 Å².